The molecule has 0 saturated carbocycles. The van der Waals surface area contributed by atoms with Gasteiger partial charge in [0.1, 0.15) is 5.75 Å². The Morgan fingerprint density at radius 3 is 2.81 bits per heavy atom. The van der Waals surface area contributed by atoms with Crippen LogP contribution in [0.3, 0.4) is 0 Å². The predicted molar refractivity (Wildman–Crippen MR) is 67.8 cm³/mol. The van der Waals surface area contributed by atoms with Gasteiger partial charge in [0.2, 0.25) is 0 Å². The molecule has 0 aliphatic rings. The Kier molecular flexibility index (Phi) is 6.26. The Bertz CT molecular complexity index is 288. The van der Waals surface area contributed by atoms with Crippen LogP contribution in [0, 0.1) is 5.92 Å². The van der Waals surface area contributed by atoms with Crippen LogP contribution in [0.25, 0.3) is 0 Å². The Morgan fingerprint density at radius 2 is 2.25 bits per heavy atom. The molecule has 0 fully saturated rings. The van der Waals surface area contributed by atoms with Crippen LogP contribution in [0.15, 0.2) is 18.3 Å². The lowest BCUT2D eigenvalue weighted by Crippen LogP contribution is -2.03. The summed E-state index contributed by atoms with van der Waals surface area (Å²) in [6.45, 7) is 5.11. The molecule has 1 rings (SSSR count). The van der Waals surface area contributed by atoms with E-state index in [0.717, 1.165) is 17.4 Å². The summed E-state index contributed by atoms with van der Waals surface area (Å²) in [4.78, 5) is 4.04. The fraction of sp³-hybridized carbons (Fsp3) is 0.583. The van der Waals surface area contributed by atoms with Crippen molar-refractivity contribution >= 4 is 11.8 Å². The van der Waals surface area contributed by atoms with E-state index in [1.807, 2.05) is 17.8 Å². The Hall–Kier alpha value is -0.740. The van der Waals surface area contributed by atoms with Crippen molar-refractivity contribution in [2.24, 2.45) is 5.92 Å². The SMILES string of the molecule is CC(C)CSCCOc1ccc(CO)nc1. The number of thioether (sulfide) groups is 1. The number of nitrogens with zero attached hydrogens (tertiary/aromatic N) is 1. The molecule has 0 bridgehead atoms. The van der Waals surface area contributed by atoms with Crippen LogP contribution in [-0.2, 0) is 6.61 Å². The number of rotatable bonds is 7. The molecule has 0 saturated heterocycles. The minimum atomic E-state index is -0.0233. The van der Waals surface area contributed by atoms with Crippen LogP contribution in [0.5, 0.6) is 5.75 Å². The van der Waals surface area contributed by atoms with Gasteiger partial charge < -0.3 is 9.84 Å². The summed E-state index contributed by atoms with van der Waals surface area (Å²) in [5.74, 6) is 3.67. The summed E-state index contributed by atoms with van der Waals surface area (Å²) in [6, 6.07) is 3.61. The summed E-state index contributed by atoms with van der Waals surface area (Å²) < 4.78 is 5.52. The average Bonchev–Trinajstić information content (AvgIpc) is 2.29. The van der Waals surface area contributed by atoms with Gasteiger partial charge in [0.05, 0.1) is 25.1 Å². The van der Waals surface area contributed by atoms with Crippen LogP contribution in [0.4, 0.5) is 0 Å². The van der Waals surface area contributed by atoms with Crippen molar-refractivity contribution in [1.82, 2.24) is 4.98 Å². The minimum absolute atomic E-state index is 0.0233. The van der Waals surface area contributed by atoms with Gasteiger partial charge in [0.15, 0.2) is 0 Å². The highest BCUT2D eigenvalue weighted by Crippen LogP contribution is 2.11. The van der Waals surface area contributed by atoms with Gasteiger partial charge in [-0.15, -0.1) is 0 Å². The maximum Gasteiger partial charge on any atom is 0.137 e. The Labute approximate surface area is 101 Å². The van der Waals surface area contributed by atoms with Crippen molar-refractivity contribution in [1.29, 1.82) is 0 Å². The van der Waals surface area contributed by atoms with Gasteiger partial charge in [-0.2, -0.15) is 11.8 Å². The molecule has 0 aromatic carbocycles. The molecule has 1 aromatic rings. The molecule has 16 heavy (non-hydrogen) atoms. The maximum absolute atomic E-state index is 8.82. The fourth-order valence-electron chi connectivity index (χ4n) is 1.13. The lowest BCUT2D eigenvalue weighted by molar-refractivity contribution is 0.276. The molecule has 1 N–H and O–H groups in total. The molecule has 0 radical (unpaired) electrons. The fourth-order valence-corrected chi connectivity index (χ4v) is 1.97. The zero-order valence-electron chi connectivity index (χ0n) is 9.85. The molecule has 1 heterocycles. The van der Waals surface area contributed by atoms with Crippen molar-refractivity contribution in [3.63, 3.8) is 0 Å². The summed E-state index contributed by atoms with van der Waals surface area (Å²) >= 11 is 1.90. The first-order valence-electron chi connectivity index (χ1n) is 5.48. The zero-order chi connectivity index (χ0) is 11.8. The third-order valence-electron chi connectivity index (χ3n) is 1.91. The van der Waals surface area contributed by atoms with Crippen molar-refractivity contribution < 1.29 is 9.84 Å². The molecule has 4 heteroatoms. The predicted octanol–water partition coefficient (Wildman–Crippen LogP) is 2.34. The van der Waals surface area contributed by atoms with Crippen molar-refractivity contribution in [2.45, 2.75) is 20.5 Å². The van der Waals surface area contributed by atoms with E-state index >= 15 is 0 Å². The van der Waals surface area contributed by atoms with Crippen molar-refractivity contribution in [2.75, 3.05) is 18.1 Å². The molecule has 0 spiro atoms. The van der Waals surface area contributed by atoms with Crippen LogP contribution in [0.2, 0.25) is 0 Å². The molecular formula is C12H19NO2S. The first-order chi connectivity index (χ1) is 7.72. The lowest BCUT2D eigenvalue weighted by atomic mass is 10.3. The number of ether oxygens (including phenoxy) is 1. The molecule has 3 nitrogen and oxygen atoms in total. The molecular weight excluding hydrogens is 222 g/mol. The summed E-state index contributed by atoms with van der Waals surface area (Å²) in [5.41, 5.74) is 0.668. The van der Waals surface area contributed by atoms with E-state index in [4.69, 9.17) is 9.84 Å². The zero-order valence-corrected chi connectivity index (χ0v) is 10.7. The summed E-state index contributed by atoms with van der Waals surface area (Å²) in [6.07, 6.45) is 1.65. The standard InChI is InChI=1S/C12H19NO2S/c1-10(2)9-16-6-5-15-12-4-3-11(8-14)13-7-12/h3-4,7,10,14H,5-6,8-9H2,1-2H3. The van der Waals surface area contributed by atoms with E-state index in [-0.39, 0.29) is 6.61 Å². The quantitative estimate of drug-likeness (QED) is 0.744. The smallest absolute Gasteiger partial charge is 0.137 e. The largest absolute Gasteiger partial charge is 0.491 e. The van der Waals surface area contributed by atoms with Gasteiger partial charge in [-0.1, -0.05) is 13.8 Å². The Balaban J connectivity index is 2.16. The number of aliphatic hydroxyl groups excluding tert-OH is 1. The first-order valence-corrected chi connectivity index (χ1v) is 6.64. The number of aromatic nitrogens is 1. The topological polar surface area (TPSA) is 42.4 Å². The first kappa shape index (κ1) is 13.3. The molecule has 0 aliphatic carbocycles. The number of pyridine rings is 1. The average molecular weight is 241 g/mol. The van der Waals surface area contributed by atoms with Crippen LogP contribution >= 0.6 is 11.8 Å². The molecule has 1 aromatic heterocycles. The van der Waals surface area contributed by atoms with Crippen molar-refractivity contribution in [3.8, 4) is 5.75 Å². The second-order valence-corrected chi connectivity index (χ2v) is 5.11. The summed E-state index contributed by atoms with van der Waals surface area (Å²) in [7, 11) is 0. The minimum Gasteiger partial charge on any atom is -0.491 e. The normalized spacial score (nSPS) is 10.8. The molecule has 0 amide bonds. The van der Waals surface area contributed by atoms with E-state index in [2.05, 4.69) is 18.8 Å². The second kappa shape index (κ2) is 7.52. The van der Waals surface area contributed by atoms with Crippen LogP contribution < -0.4 is 4.74 Å². The maximum atomic E-state index is 8.82. The van der Waals surface area contributed by atoms with E-state index in [1.54, 1.807) is 12.3 Å². The van der Waals surface area contributed by atoms with Gasteiger partial charge in [0.25, 0.3) is 0 Å². The third-order valence-corrected chi connectivity index (χ3v) is 3.26. The van der Waals surface area contributed by atoms with E-state index < -0.39 is 0 Å². The Morgan fingerprint density at radius 1 is 1.44 bits per heavy atom. The van der Waals surface area contributed by atoms with Gasteiger partial charge in [0, 0.05) is 5.75 Å². The van der Waals surface area contributed by atoms with E-state index in [9.17, 15) is 0 Å². The van der Waals surface area contributed by atoms with E-state index in [1.165, 1.54) is 5.75 Å². The highest BCUT2D eigenvalue weighted by molar-refractivity contribution is 7.99. The number of hydrogen-bond donors (Lipinski definition) is 1. The number of aliphatic hydroxyl groups is 1. The van der Waals surface area contributed by atoms with E-state index in [0.29, 0.717) is 12.3 Å². The highest BCUT2D eigenvalue weighted by atomic mass is 32.2. The van der Waals surface area contributed by atoms with Gasteiger partial charge in [-0.05, 0) is 23.8 Å². The highest BCUT2D eigenvalue weighted by Gasteiger charge is 1.97. The monoisotopic (exact) mass is 241 g/mol. The molecule has 0 unspecified atom stereocenters. The lowest BCUT2D eigenvalue weighted by Gasteiger charge is -2.07. The second-order valence-electron chi connectivity index (χ2n) is 3.96. The van der Waals surface area contributed by atoms with Gasteiger partial charge in [-0.25, -0.2) is 0 Å². The summed E-state index contributed by atoms with van der Waals surface area (Å²) in [5, 5.41) is 8.82. The molecule has 0 aliphatic heterocycles. The number of hydrogen-bond acceptors (Lipinski definition) is 4. The van der Waals surface area contributed by atoms with Crippen LogP contribution in [0.1, 0.15) is 19.5 Å². The van der Waals surface area contributed by atoms with Crippen molar-refractivity contribution in [3.05, 3.63) is 24.0 Å². The van der Waals surface area contributed by atoms with Gasteiger partial charge in [-0.3, -0.25) is 4.98 Å². The molecule has 0 atom stereocenters. The van der Waals surface area contributed by atoms with Gasteiger partial charge >= 0.3 is 0 Å². The molecule has 90 valence electrons. The van der Waals surface area contributed by atoms with Crippen LogP contribution in [-0.4, -0.2) is 28.2 Å². The third kappa shape index (κ3) is 5.37.